The van der Waals surface area contributed by atoms with Gasteiger partial charge in [0.15, 0.2) is 0 Å². The van der Waals surface area contributed by atoms with E-state index in [1.165, 1.54) is 18.4 Å². The van der Waals surface area contributed by atoms with Gasteiger partial charge in [-0.05, 0) is 0 Å². The van der Waals surface area contributed by atoms with Gasteiger partial charge in [0.1, 0.15) is 0 Å². The number of allylic oxidation sites excluding steroid dienone is 8. The van der Waals surface area contributed by atoms with Crippen molar-refractivity contribution in [3.63, 3.8) is 0 Å². The molecule has 0 heterocycles. The molecule has 2 aliphatic rings. The molecule has 0 amide bonds. The molecule has 67 valence electrons. The predicted octanol–water partition coefficient (Wildman–Crippen LogP) is 3.64. The minimum absolute atomic E-state index is 0. The minimum atomic E-state index is 0. The largest absolute Gasteiger partial charge is 1.00 e. The summed E-state index contributed by atoms with van der Waals surface area (Å²) in [5.74, 6) is 0. The molecule has 2 aliphatic carbocycles. The van der Waals surface area contributed by atoms with E-state index in [0.29, 0.717) is 0 Å². The van der Waals surface area contributed by atoms with Gasteiger partial charge >= 0.3 is 95.2 Å². The van der Waals surface area contributed by atoms with Crippen molar-refractivity contribution in [1.29, 1.82) is 0 Å². The maximum atomic E-state index is 2.40. The SMILES string of the molecule is CCC1=CC[C]([Zr+2])=C1C1=CC=CC1.[H-].[H-]. The molecule has 13 heavy (non-hydrogen) atoms. The first-order valence-electron chi connectivity index (χ1n) is 4.83. The van der Waals surface area contributed by atoms with Crippen molar-refractivity contribution in [2.45, 2.75) is 26.2 Å². The van der Waals surface area contributed by atoms with Crippen molar-refractivity contribution >= 4 is 0 Å². The first-order valence-corrected chi connectivity index (χ1v) is 6.06. The Bertz CT molecular complexity index is 349. The molecule has 0 N–H and O–H groups in total. The summed E-state index contributed by atoms with van der Waals surface area (Å²) in [6, 6.07) is 0. The second kappa shape index (κ2) is 3.92. The second-order valence-corrected chi connectivity index (χ2v) is 4.95. The van der Waals surface area contributed by atoms with Gasteiger partial charge in [0.05, 0.1) is 0 Å². The number of hydrogen-bond donors (Lipinski definition) is 0. The maximum Gasteiger partial charge on any atom is -1.00 e. The summed E-state index contributed by atoms with van der Waals surface area (Å²) in [6.07, 6.45) is 12.6. The van der Waals surface area contributed by atoms with Crippen LogP contribution in [0, 0.1) is 0 Å². The summed E-state index contributed by atoms with van der Waals surface area (Å²) >= 11 is 1.59. The van der Waals surface area contributed by atoms with Crippen LogP contribution in [0.25, 0.3) is 0 Å². The van der Waals surface area contributed by atoms with Crippen LogP contribution in [0.3, 0.4) is 0 Å². The van der Waals surface area contributed by atoms with Gasteiger partial charge in [0, 0.05) is 0 Å². The van der Waals surface area contributed by atoms with E-state index in [9.17, 15) is 0 Å². The molecule has 0 saturated heterocycles. The molecule has 1 heteroatoms. The molecule has 0 aromatic carbocycles. The molecule has 0 fully saturated rings. The third-order valence-corrected chi connectivity index (χ3v) is 3.77. The second-order valence-electron chi connectivity index (χ2n) is 3.46. The summed E-state index contributed by atoms with van der Waals surface area (Å²) < 4.78 is 1.64. The molecule has 0 radical (unpaired) electrons. The van der Waals surface area contributed by atoms with E-state index in [-0.39, 0.29) is 2.85 Å². The summed E-state index contributed by atoms with van der Waals surface area (Å²) in [7, 11) is 0. The Morgan fingerprint density at radius 1 is 1.46 bits per heavy atom. The summed E-state index contributed by atoms with van der Waals surface area (Å²) in [6.45, 7) is 2.25. The van der Waals surface area contributed by atoms with Gasteiger partial charge in [-0.2, -0.15) is 0 Å². The van der Waals surface area contributed by atoms with Crippen molar-refractivity contribution in [3.8, 4) is 0 Å². The Balaban J connectivity index is 0.000000980. The average Bonchev–Trinajstić information content (AvgIpc) is 2.72. The molecule has 0 bridgehead atoms. The molecule has 0 aromatic heterocycles. The van der Waals surface area contributed by atoms with Gasteiger partial charge < -0.3 is 2.85 Å². The van der Waals surface area contributed by atoms with Crippen LogP contribution >= 0.6 is 0 Å². The van der Waals surface area contributed by atoms with Crippen molar-refractivity contribution < 1.29 is 27.6 Å². The Labute approximate surface area is 97.9 Å². The van der Waals surface area contributed by atoms with Crippen molar-refractivity contribution in [2.24, 2.45) is 0 Å². The van der Waals surface area contributed by atoms with E-state index < -0.39 is 0 Å². The minimum Gasteiger partial charge on any atom is -1.00 e. The zero-order valence-electron chi connectivity index (χ0n) is 9.93. The fraction of sp³-hybridized carbons (Fsp3) is 0.333. The smallest absolute Gasteiger partial charge is 1.00 e. The Hall–Kier alpha value is -0.157. The molecule has 0 aromatic rings. The van der Waals surface area contributed by atoms with Gasteiger partial charge in [-0.15, -0.1) is 0 Å². The van der Waals surface area contributed by atoms with Crippen molar-refractivity contribution in [1.82, 2.24) is 0 Å². The van der Waals surface area contributed by atoms with Gasteiger partial charge in [0.2, 0.25) is 0 Å². The molecular weight excluding hydrogens is 235 g/mol. The first-order chi connectivity index (χ1) is 6.33. The van der Waals surface area contributed by atoms with Crippen molar-refractivity contribution in [3.05, 3.63) is 44.3 Å². The molecule has 0 unspecified atom stereocenters. The van der Waals surface area contributed by atoms with Crippen molar-refractivity contribution in [2.75, 3.05) is 0 Å². The summed E-state index contributed by atoms with van der Waals surface area (Å²) in [4.78, 5) is 0. The van der Waals surface area contributed by atoms with Crippen LogP contribution in [0.15, 0.2) is 44.3 Å². The Kier molecular flexibility index (Phi) is 2.84. The maximum absolute atomic E-state index is 2.40. The normalized spacial score (nSPS) is 21.2. The zero-order chi connectivity index (χ0) is 9.26. The van der Waals surface area contributed by atoms with Crippen LogP contribution in [-0.2, 0) is 24.7 Å². The van der Waals surface area contributed by atoms with Crippen LogP contribution in [0.4, 0.5) is 0 Å². The van der Waals surface area contributed by atoms with Crippen LogP contribution in [0.1, 0.15) is 29.0 Å². The van der Waals surface area contributed by atoms with E-state index >= 15 is 0 Å². The van der Waals surface area contributed by atoms with Crippen LogP contribution in [-0.4, -0.2) is 0 Å². The molecule has 0 aliphatic heterocycles. The fourth-order valence-corrected chi connectivity index (χ4v) is 3.02. The Morgan fingerprint density at radius 3 is 2.92 bits per heavy atom. The summed E-state index contributed by atoms with van der Waals surface area (Å²) in [5.41, 5.74) is 4.70. The van der Waals surface area contributed by atoms with E-state index in [0.717, 1.165) is 6.42 Å². The molecule has 0 atom stereocenters. The van der Waals surface area contributed by atoms with E-state index in [4.69, 9.17) is 0 Å². The predicted molar refractivity (Wildman–Crippen MR) is 54.1 cm³/mol. The topological polar surface area (TPSA) is 0 Å². The Morgan fingerprint density at radius 2 is 2.31 bits per heavy atom. The van der Waals surface area contributed by atoms with E-state index in [1.807, 2.05) is 0 Å². The third-order valence-electron chi connectivity index (χ3n) is 2.65. The van der Waals surface area contributed by atoms with Gasteiger partial charge in [-0.25, -0.2) is 0 Å². The monoisotopic (exact) mass is 249 g/mol. The van der Waals surface area contributed by atoms with Crippen LogP contribution < -0.4 is 0 Å². The molecule has 0 nitrogen and oxygen atoms in total. The van der Waals surface area contributed by atoms with Gasteiger partial charge in [-0.1, -0.05) is 0 Å². The zero-order valence-corrected chi connectivity index (χ0v) is 10.4. The van der Waals surface area contributed by atoms with Crippen LogP contribution in [0.2, 0.25) is 0 Å². The van der Waals surface area contributed by atoms with Gasteiger partial charge in [0.25, 0.3) is 0 Å². The molecular formula is C12H15Zr. The average molecular weight is 250 g/mol. The fourth-order valence-electron chi connectivity index (χ4n) is 1.98. The molecule has 0 spiro atoms. The summed E-state index contributed by atoms with van der Waals surface area (Å²) in [5, 5.41) is 0. The van der Waals surface area contributed by atoms with Crippen LogP contribution in [0.5, 0.6) is 0 Å². The molecule has 2 rings (SSSR count). The third kappa shape index (κ3) is 1.72. The van der Waals surface area contributed by atoms with Gasteiger partial charge in [-0.3, -0.25) is 0 Å². The molecule has 0 saturated carbocycles. The number of rotatable bonds is 2. The first kappa shape index (κ1) is 9.40. The quantitative estimate of drug-likeness (QED) is 0.702. The van der Waals surface area contributed by atoms with E-state index in [2.05, 4.69) is 31.2 Å². The standard InChI is InChI=1S/C12H13.Zr.2H/c1-2-10-8-5-9-12(10)11-6-3-4-7-11;;;/h3-4,6,8H,2,5,7H2,1H3;;;/q;+2;2*-1. The number of hydrogen-bond acceptors (Lipinski definition) is 0. The van der Waals surface area contributed by atoms with E-state index in [1.54, 1.807) is 39.1 Å².